The Morgan fingerprint density at radius 2 is 2.06 bits per heavy atom. The van der Waals surface area contributed by atoms with Crippen LogP contribution in [0.25, 0.3) is 0 Å². The fourth-order valence-corrected chi connectivity index (χ4v) is 1.71. The van der Waals surface area contributed by atoms with Crippen LogP contribution in [0, 0.1) is 5.82 Å². The molecule has 0 saturated heterocycles. The molecule has 1 atom stereocenters. The molecule has 0 fully saturated rings. The van der Waals surface area contributed by atoms with Gasteiger partial charge in [0.05, 0.1) is 0 Å². The minimum atomic E-state index is -0.341. The van der Waals surface area contributed by atoms with Gasteiger partial charge < -0.3 is 15.5 Å². The molecule has 0 saturated carbocycles. The Morgan fingerprint density at radius 3 is 2.76 bits per heavy atom. The SMILES string of the molecule is CC(NCCCCCO)c1cc(F)ccc1O. The molecule has 0 heterocycles. The van der Waals surface area contributed by atoms with Crippen molar-refractivity contribution in [3.8, 4) is 5.75 Å². The highest BCUT2D eigenvalue weighted by Crippen LogP contribution is 2.24. The third kappa shape index (κ3) is 4.71. The molecule has 17 heavy (non-hydrogen) atoms. The maximum Gasteiger partial charge on any atom is 0.123 e. The Hall–Kier alpha value is -1.13. The fraction of sp³-hybridized carbons (Fsp3) is 0.538. The van der Waals surface area contributed by atoms with Crippen LogP contribution in [0.15, 0.2) is 18.2 Å². The van der Waals surface area contributed by atoms with Gasteiger partial charge in [-0.15, -0.1) is 0 Å². The lowest BCUT2D eigenvalue weighted by Crippen LogP contribution is -2.20. The number of nitrogens with one attached hydrogen (secondary N) is 1. The number of benzene rings is 1. The Kier molecular flexibility index (Phi) is 5.94. The molecule has 0 aromatic heterocycles. The van der Waals surface area contributed by atoms with Gasteiger partial charge in [-0.3, -0.25) is 0 Å². The van der Waals surface area contributed by atoms with Gasteiger partial charge in [0.1, 0.15) is 11.6 Å². The normalized spacial score (nSPS) is 12.6. The quantitative estimate of drug-likeness (QED) is 0.642. The first-order valence-electron chi connectivity index (χ1n) is 5.98. The second-order valence-corrected chi connectivity index (χ2v) is 4.16. The van der Waals surface area contributed by atoms with Gasteiger partial charge in [-0.2, -0.15) is 0 Å². The van der Waals surface area contributed by atoms with E-state index >= 15 is 0 Å². The average Bonchev–Trinajstić information content (AvgIpc) is 2.32. The molecule has 96 valence electrons. The highest BCUT2D eigenvalue weighted by atomic mass is 19.1. The maximum absolute atomic E-state index is 13.0. The van der Waals surface area contributed by atoms with Gasteiger partial charge >= 0.3 is 0 Å². The van der Waals surface area contributed by atoms with Gasteiger partial charge in [0.15, 0.2) is 0 Å². The number of aliphatic hydroxyl groups is 1. The summed E-state index contributed by atoms with van der Waals surface area (Å²) < 4.78 is 13.0. The molecule has 1 aromatic rings. The molecule has 3 N–H and O–H groups in total. The van der Waals surface area contributed by atoms with Crippen molar-refractivity contribution < 1.29 is 14.6 Å². The van der Waals surface area contributed by atoms with Crippen molar-refractivity contribution in [3.63, 3.8) is 0 Å². The minimum absolute atomic E-state index is 0.0835. The van der Waals surface area contributed by atoms with Crippen LogP contribution < -0.4 is 5.32 Å². The van der Waals surface area contributed by atoms with Crippen molar-refractivity contribution in [3.05, 3.63) is 29.6 Å². The van der Waals surface area contributed by atoms with Crippen LogP contribution >= 0.6 is 0 Å². The first-order chi connectivity index (χ1) is 8.15. The summed E-state index contributed by atoms with van der Waals surface area (Å²) in [5.74, 6) is -0.228. The number of halogens is 1. The lowest BCUT2D eigenvalue weighted by atomic mass is 10.1. The number of aliphatic hydroxyl groups excluding tert-OH is 1. The molecule has 0 spiro atoms. The Morgan fingerprint density at radius 1 is 1.29 bits per heavy atom. The molecule has 0 amide bonds. The monoisotopic (exact) mass is 241 g/mol. The number of hydrogen-bond donors (Lipinski definition) is 3. The lowest BCUT2D eigenvalue weighted by Gasteiger charge is -2.15. The zero-order valence-corrected chi connectivity index (χ0v) is 10.1. The molecule has 0 aliphatic carbocycles. The zero-order chi connectivity index (χ0) is 12.7. The Labute approximate surface area is 101 Å². The topological polar surface area (TPSA) is 52.5 Å². The first-order valence-corrected chi connectivity index (χ1v) is 5.98. The molecule has 0 bridgehead atoms. The van der Waals surface area contributed by atoms with Crippen LogP contribution in [-0.2, 0) is 0 Å². The summed E-state index contributed by atoms with van der Waals surface area (Å²) in [6.45, 7) is 2.90. The third-order valence-corrected chi connectivity index (χ3v) is 2.74. The highest BCUT2D eigenvalue weighted by molar-refractivity contribution is 5.34. The van der Waals surface area contributed by atoms with Gasteiger partial charge in [-0.05, 0) is 50.9 Å². The summed E-state index contributed by atoms with van der Waals surface area (Å²) in [7, 11) is 0. The van der Waals surface area contributed by atoms with E-state index in [1.54, 1.807) is 0 Å². The summed E-state index contributed by atoms with van der Waals surface area (Å²) in [6, 6.07) is 3.88. The third-order valence-electron chi connectivity index (χ3n) is 2.74. The highest BCUT2D eigenvalue weighted by Gasteiger charge is 2.10. The van der Waals surface area contributed by atoms with E-state index in [1.807, 2.05) is 6.92 Å². The summed E-state index contributed by atoms with van der Waals surface area (Å²) in [5.41, 5.74) is 0.576. The molecular weight excluding hydrogens is 221 g/mol. The number of phenols is 1. The van der Waals surface area contributed by atoms with E-state index in [2.05, 4.69) is 5.32 Å². The van der Waals surface area contributed by atoms with Crippen LogP contribution in [-0.4, -0.2) is 23.4 Å². The smallest absolute Gasteiger partial charge is 0.123 e. The van der Waals surface area contributed by atoms with Crippen molar-refractivity contribution >= 4 is 0 Å². The van der Waals surface area contributed by atoms with E-state index in [4.69, 9.17) is 5.11 Å². The summed E-state index contributed by atoms with van der Waals surface area (Å²) in [4.78, 5) is 0. The van der Waals surface area contributed by atoms with Crippen molar-refractivity contribution in [2.24, 2.45) is 0 Å². The number of rotatable bonds is 7. The summed E-state index contributed by atoms with van der Waals surface area (Å²) >= 11 is 0. The van der Waals surface area contributed by atoms with Gasteiger partial charge in [0.25, 0.3) is 0 Å². The van der Waals surface area contributed by atoms with E-state index in [0.717, 1.165) is 25.8 Å². The average molecular weight is 241 g/mol. The summed E-state index contributed by atoms with van der Waals surface area (Å²) in [5, 5.41) is 21.4. The Bertz CT molecular complexity index is 344. The summed E-state index contributed by atoms with van der Waals surface area (Å²) in [6.07, 6.45) is 2.73. The largest absolute Gasteiger partial charge is 0.508 e. The fourth-order valence-electron chi connectivity index (χ4n) is 1.71. The second-order valence-electron chi connectivity index (χ2n) is 4.16. The maximum atomic E-state index is 13.0. The van der Waals surface area contributed by atoms with Gasteiger partial charge in [-0.1, -0.05) is 0 Å². The van der Waals surface area contributed by atoms with E-state index < -0.39 is 0 Å². The van der Waals surface area contributed by atoms with Crippen molar-refractivity contribution in [2.45, 2.75) is 32.2 Å². The van der Waals surface area contributed by atoms with Gasteiger partial charge in [0.2, 0.25) is 0 Å². The van der Waals surface area contributed by atoms with E-state index in [-0.39, 0.29) is 24.2 Å². The van der Waals surface area contributed by atoms with Crippen molar-refractivity contribution in [1.29, 1.82) is 0 Å². The van der Waals surface area contributed by atoms with Crippen LogP contribution in [0.2, 0.25) is 0 Å². The number of unbranched alkanes of at least 4 members (excludes halogenated alkanes) is 2. The molecule has 3 nitrogen and oxygen atoms in total. The van der Waals surface area contributed by atoms with Crippen LogP contribution in [0.5, 0.6) is 5.75 Å². The number of aromatic hydroxyl groups is 1. The van der Waals surface area contributed by atoms with Crippen molar-refractivity contribution in [1.82, 2.24) is 5.32 Å². The second kappa shape index (κ2) is 7.25. The van der Waals surface area contributed by atoms with E-state index in [1.165, 1.54) is 18.2 Å². The standard InChI is InChI=1S/C13H20FNO2/c1-10(15-7-3-2-4-8-16)12-9-11(14)5-6-13(12)17/h5-6,9-10,15-17H,2-4,7-8H2,1H3. The molecule has 0 aliphatic rings. The van der Waals surface area contributed by atoms with E-state index in [9.17, 15) is 9.50 Å². The predicted molar refractivity (Wildman–Crippen MR) is 65.4 cm³/mol. The number of hydrogen-bond acceptors (Lipinski definition) is 3. The molecule has 1 rings (SSSR count). The van der Waals surface area contributed by atoms with E-state index in [0.29, 0.717) is 5.56 Å². The van der Waals surface area contributed by atoms with Gasteiger partial charge in [-0.25, -0.2) is 4.39 Å². The molecule has 0 radical (unpaired) electrons. The molecule has 1 unspecified atom stereocenters. The minimum Gasteiger partial charge on any atom is -0.508 e. The lowest BCUT2D eigenvalue weighted by molar-refractivity contribution is 0.282. The van der Waals surface area contributed by atoms with Gasteiger partial charge in [0, 0.05) is 18.2 Å². The first kappa shape index (κ1) is 13.9. The molecular formula is C13H20FNO2. The van der Waals surface area contributed by atoms with Crippen LogP contribution in [0.1, 0.15) is 37.8 Å². The zero-order valence-electron chi connectivity index (χ0n) is 10.1. The predicted octanol–water partition coefficient (Wildman–Crippen LogP) is 2.34. The Balaban J connectivity index is 2.41. The molecule has 1 aromatic carbocycles. The van der Waals surface area contributed by atoms with Crippen LogP contribution in [0.4, 0.5) is 4.39 Å². The molecule has 0 aliphatic heterocycles. The number of phenolic OH excluding ortho intramolecular Hbond substituents is 1. The van der Waals surface area contributed by atoms with Crippen molar-refractivity contribution in [2.75, 3.05) is 13.2 Å². The van der Waals surface area contributed by atoms with Crippen LogP contribution in [0.3, 0.4) is 0 Å². The molecule has 4 heteroatoms.